The highest BCUT2D eigenvalue weighted by Crippen LogP contribution is 2.36. The van der Waals surface area contributed by atoms with E-state index in [4.69, 9.17) is 8.85 Å². The van der Waals surface area contributed by atoms with E-state index in [0.29, 0.717) is 17.9 Å². The van der Waals surface area contributed by atoms with Gasteiger partial charge in [0.15, 0.2) is 16.6 Å². The molecule has 3 unspecified atom stereocenters. The van der Waals surface area contributed by atoms with Gasteiger partial charge in [-0.3, -0.25) is 9.59 Å². The topological polar surface area (TPSA) is 84.9 Å². The molecule has 1 aliphatic rings. The first kappa shape index (κ1) is 31.3. The van der Waals surface area contributed by atoms with Crippen LogP contribution in [0.4, 0.5) is 0 Å². The van der Waals surface area contributed by atoms with Gasteiger partial charge in [-0.2, -0.15) is 0 Å². The number of aliphatic hydroxyl groups is 1. The summed E-state index contributed by atoms with van der Waals surface area (Å²) in [5.41, 5.74) is 0.360. The van der Waals surface area contributed by atoms with Gasteiger partial charge in [-0.05, 0) is 82.7 Å². The predicted octanol–water partition coefficient (Wildman–Crippen LogP) is 5.54. The van der Waals surface area contributed by atoms with E-state index in [1.807, 2.05) is 0 Å². The van der Waals surface area contributed by atoms with Crippen LogP contribution in [0.25, 0.3) is 0 Å². The molecule has 0 spiro atoms. The predicted molar refractivity (Wildman–Crippen MR) is 149 cm³/mol. The van der Waals surface area contributed by atoms with Gasteiger partial charge >= 0.3 is 5.97 Å². The summed E-state index contributed by atoms with van der Waals surface area (Å²) < 4.78 is 12.1. The molecule has 1 fully saturated rings. The molecular weight excluding hydrogens is 479 g/mol. The molecule has 198 valence electrons. The second kappa shape index (κ2) is 13.5. The van der Waals surface area contributed by atoms with Crippen LogP contribution in [0.15, 0.2) is 12.2 Å². The summed E-state index contributed by atoms with van der Waals surface area (Å²) in [6, 6.07) is 3.79. The minimum Gasteiger partial charge on any atom is -0.464 e. The van der Waals surface area contributed by atoms with Crippen molar-refractivity contribution < 1.29 is 23.5 Å². The Morgan fingerprint density at radius 2 is 1.59 bits per heavy atom. The molecule has 0 saturated heterocycles. The summed E-state index contributed by atoms with van der Waals surface area (Å²) in [4.78, 5) is 23.3. The second-order valence-electron chi connectivity index (χ2n) is 12.7. The Bertz CT molecular complexity index is 691. The monoisotopic (exact) mass is 529 g/mol. The fourth-order valence-electron chi connectivity index (χ4n) is 4.67. The minimum absolute atomic E-state index is 0.154. The number of hydrogen-bond donors (Lipinski definition) is 2. The van der Waals surface area contributed by atoms with E-state index < -0.39 is 30.7 Å². The van der Waals surface area contributed by atoms with Gasteiger partial charge in [0.1, 0.15) is 6.54 Å². The van der Waals surface area contributed by atoms with E-state index in [-0.39, 0.29) is 31.1 Å². The van der Waals surface area contributed by atoms with Crippen molar-refractivity contribution in [3.05, 3.63) is 12.2 Å². The first-order valence-electron chi connectivity index (χ1n) is 13.0. The van der Waals surface area contributed by atoms with Crippen molar-refractivity contribution in [3.8, 4) is 0 Å². The first-order valence-corrected chi connectivity index (χ1v) is 22.9. The van der Waals surface area contributed by atoms with Crippen LogP contribution in [-0.2, 0) is 18.4 Å². The third-order valence-electron chi connectivity index (χ3n) is 6.77. The third-order valence-corrected chi connectivity index (χ3v) is 16.4. The smallest absolute Gasteiger partial charge is 0.325 e. The fraction of sp³-hybridized carbons (Fsp3) is 0.840. The Labute approximate surface area is 211 Å². The van der Waals surface area contributed by atoms with E-state index in [1.165, 1.54) is 18.1 Å². The van der Waals surface area contributed by atoms with Crippen molar-refractivity contribution >= 4 is 36.6 Å². The number of carbonyl (C=O) groups is 2. The van der Waals surface area contributed by atoms with Crippen molar-refractivity contribution in [1.29, 1.82) is 0 Å². The van der Waals surface area contributed by atoms with E-state index in [1.54, 1.807) is 6.92 Å². The molecule has 0 radical (unpaired) electrons. The second-order valence-corrected chi connectivity index (χ2v) is 27.2. The van der Waals surface area contributed by atoms with Crippen molar-refractivity contribution in [1.82, 2.24) is 5.32 Å². The summed E-state index contributed by atoms with van der Waals surface area (Å²) in [5.74, 6) is -0.0479. The number of aliphatic hydroxyl groups excluding tert-OH is 1. The lowest BCUT2D eigenvalue weighted by atomic mass is 9.77. The molecule has 1 rings (SSSR count). The van der Waals surface area contributed by atoms with Crippen molar-refractivity contribution in [3.63, 3.8) is 0 Å². The molecule has 0 bridgehead atoms. The molecule has 1 saturated carbocycles. The average Bonchev–Trinajstić information content (AvgIpc) is 2.69. The average molecular weight is 530 g/mol. The molecule has 0 aromatic heterocycles. The molecule has 1 amide bonds. The Balaban J connectivity index is 2.43. The first-order chi connectivity index (χ1) is 15.5. The zero-order chi connectivity index (χ0) is 26.2. The van der Waals surface area contributed by atoms with Crippen LogP contribution < -0.4 is 5.32 Å². The van der Waals surface area contributed by atoms with E-state index in [0.717, 1.165) is 25.7 Å². The van der Waals surface area contributed by atoms with Crippen LogP contribution in [0, 0.1) is 11.8 Å². The molecule has 0 aromatic carbocycles. The highest BCUT2D eigenvalue weighted by molar-refractivity contribution is 6.86. The van der Waals surface area contributed by atoms with Gasteiger partial charge in [-0.25, -0.2) is 0 Å². The van der Waals surface area contributed by atoms with E-state index in [9.17, 15) is 14.7 Å². The molecule has 1 aliphatic carbocycles. The van der Waals surface area contributed by atoms with Gasteiger partial charge in [-0.15, -0.1) is 0 Å². The number of amides is 1. The van der Waals surface area contributed by atoms with Crippen LogP contribution >= 0.6 is 0 Å². The van der Waals surface area contributed by atoms with Gasteiger partial charge in [0.25, 0.3) is 0 Å². The summed E-state index contributed by atoms with van der Waals surface area (Å²) in [7, 11) is -4.39. The number of hydrogen-bond acceptors (Lipinski definition) is 5. The quantitative estimate of drug-likeness (QED) is 0.175. The maximum absolute atomic E-state index is 11.9. The maximum atomic E-state index is 11.9. The Morgan fingerprint density at radius 3 is 2.18 bits per heavy atom. The third kappa shape index (κ3) is 13.4. The molecule has 0 aromatic rings. The molecule has 34 heavy (non-hydrogen) atoms. The number of esters is 1. The number of carbonyl (C=O) groups excluding carboxylic acids is 2. The summed E-state index contributed by atoms with van der Waals surface area (Å²) in [6.45, 7) is 22.1. The van der Waals surface area contributed by atoms with Gasteiger partial charge in [-0.1, -0.05) is 38.7 Å². The Kier molecular flexibility index (Phi) is 12.4. The molecule has 0 heterocycles. The van der Waals surface area contributed by atoms with Crippen LogP contribution in [-0.4, -0.2) is 60.9 Å². The normalized spacial score (nSPS) is 21.7. The summed E-state index contributed by atoms with van der Waals surface area (Å²) in [6.07, 6.45) is 4.35. The fourth-order valence-corrected chi connectivity index (χ4v) is 18.0. The summed E-state index contributed by atoms with van der Waals surface area (Å²) in [5, 5.41) is 13.0. The lowest BCUT2D eigenvalue weighted by Gasteiger charge is -2.38. The zero-order valence-corrected chi connectivity index (χ0v) is 26.1. The molecule has 6 nitrogen and oxygen atoms in total. The van der Waals surface area contributed by atoms with E-state index in [2.05, 4.69) is 57.7 Å². The largest absolute Gasteiger partial charge is 0.464 e. The minimum atomic E-state index is -1.72. The lowest BCUT2D eigenvalue weighted by Crippen LogP contribution is -2.45. The summed E-state index contributed by atoms with van der Waals surface area (Å²) >= 11 is 0. The molecule has 3 atom stereocenters. The van der Waals surface area contributed by atoms with Crippen LogP contribution in [0.1, 0.15) is 39.0 Å². The van der Waals surface area contributed by atoms with E-state index >= 15 is 0 Å². The van der Waals surface area contributed by atoms with Crippen LogP contribution in [0.2, 0.25) is 64.0 Å². The van der Waals surface area contributed by atoms with Gasteiger partial charge in [0.05, 0.1) is 12.7 Å². The number of rotatable bonds is 14. The van der Waals surface area contributed by atoms with Crippen LogP contribution in [0.5, 0.6) is 0 Å². The van der Waals surface area contributed by atoms with Crippen molar-refractivity contribution in [2.45, 2.75) is 109 Å². The van der Waals surface area contributed by atoms with Crippen LogP contribution in [0.3, 0.4) is 0 Å². The number of nitrogens with one attached hydrogen (secondary N) is 1. The highest BCUT2D eigenvalue weighted by Gasteiger charge is 2.36. The SMILES string of the molecule is C=C(C)C(=O)NCC(=O)OCCC1CC(CC[Si](C)(C)O[Si](C)(C)CC[Si](C)(C)C)CCC1O. The Morgan fingerprint density at radius 1 is 0.971 bits per heavy atom. The highest BCUT2D eigenvalue weighted by atomic mass is 28.4. The zero-order valence-electron chi connectivity index (χ0n) is 23.1. The number of ether oxygens (including phenoxy) is 1. The standard InChI is InChI=1S/C25H51NO5Si3/c1-20(2)25(29)26-19-24(28)30-14-12-22-18-21(10-11-23(22)27)13-15-33(6,7)31-34(8,9)17-16-32(3,4)5/h21-23,27H,1,10-19H2,2-9H3,(H,26,29). The lowest BCUT2D eigenvalue weighted by molar-refractivity contribution is -0.144. The van der Waals surface area contributed by atoms with Gasteiger partial charge < -0.3 is 19.3 Å². The molecular formula is C25H51NO5Si3. The van der Waals surface area contributed by atoms with Gasteiger partial charge in [0.2, 0.25) is 5.91 Å². The van der Waals surface area contributed by atoms with Gasteiger partial charge in [0, 0.05) is 13.6 Å². The maximum Gasteiger partial charge on any atom is 0.325 e. The molecule has 9 heteroatoms. The Hall–Kier alpha value is -0.749. The molecule has 2 N–H and O–H groups in total. The van der Waals surface area contributed by atoms with Crippen molar-refractivity contribution in [2.75, 3.05) is 13.2 Å². The van der Waals surface area contributed by atoms with Crippen molar-refractivity contribution in [2.24, 2.45) is 11.8 Å². The molecule has 0 aliphatic heterocycles.